The summed E-state index contributed by atoms with van der Waals surface area (Å²) in [5.74, 6) is 0. The predicted molar refractivity (Wildman–Crippen MR) is 104 cm³/mol. The zero-order valence-corrected chi connectivity index (χ0v) is 15.0. The van der Waals surface area contributed by atoms with E-state index in [1.807, 2.05) is 0 Å². The molecule has 0 fully saturated rings. The zero-order valence-electron chi connectivity index (χ0n) is 13.4. The van der Waals surface area contributed by atoms with E-state index < -0.39 is 0 Å². The van der Waals surface area contributed by atoms with Crippen LogP contribution in [0.2, 0.25) is 0 Å². The van der Waals surface area contributed by atoms with Gasteiger partial charge in [-0.1, -0.05) is 83.9 Å². The van der Waals surface area contributed by atoms with E-state index in [2.05, 4.69) is 95.7 Å². The molecule has 0 saturated heterocycles. The summed E-state index contributed by atoms with van der Waals surface area (Å²) in [6, 6.07) is 26.1. The van der Waals surface area contributed by atoms with Crippen molar-refractivity contribution in [3.05, 3.63) is 82.8 Å². The van der Waals surface area contributed by atoms with Crippen LogP contribution in [-0.2, 0) is 6.42 Å². The second-order valence-corrected chi connectivity index (χ2v) is 6.81. The van der Waals surface area contributed by atoms with Gasteiger partial charge in [-0.05, 0) is 58.9 Å². The predicted octanol–water partition coefficient (Wildman–Crippen LogP) is 7.13. The number of benzene rings is 3. The van der Waals surface area contributed by atoms with Crippen molar-refractivity contribution in [3.8, 4) is 22.3 Å². The average molecular weight is 365 g/mol. The lowest BCUT2D eigenvalue weighted by Crippen LogP contribution is -1.87. The molecule has 0 spiro atoms. The quantitative estimate of drug-likeness (QED) is 0.451. The fourth-order valence-corrected chi connectivity index (χ4v) is 3.33. The third kappa shape index (κ3) is 4.11. The molecule has 3 aromatic rings. The van der Waals surface area contributed by atoms with Gasteiger partial charge in [0.2, 0.25) is 0 Å². The Hall–Kier alpha value is -1.86. The molecular weight excluding hydrogens is 344 g/mol. The molecule has 0 bridgehead atoms. The molecule has 0 unspecified atom stereocenters. The molecular formula is C22H21Br. The number of unbranched alkanes of at least 4 members (excludes halogenated alkanes) is 1. The summed E-state index contributed by atoms with van der Waals surface area (Å²) >= 11 is 3.67. The highest BCUT2D eigenvalue weighted by molar-refractivity contribution is 9.10. The Morgan fingerprint density at radius 3 is 2.13 bits per heavy atom. The maximum Gasteiger partial charge on any atom is 0.0187 e. The molecule has 0 heterocycles. The van der Waals surface area contributed by atoms with Crippen molar-refractivity contribution in [1.82, 2.24) is 0 Å². The van der Waals surface area contributed by atoms with E-state index in [9.17, 15) is 0 Å². The summed E-state index contributed by atoms with van der Waals surface area (Å²) in [7, 11) is 0. The summed E-state index contributed by atoms with van der Waals surface area (Å²) in [6.07, 6.45) is 3.64. The van der Waals surface area contributed by atoms with Crippen molar-refractivity contribution in [2.45, 2.75) is 26.2 Å². The smallest absolute Gasteiger partial charge is 0.0187 e. The van der Waals surface area contributed by atoms with Gasteiger partial charge in [0.15, 0.2) is 0 Å². The van der Waals surface area contributed by atoms with Crippen LogP contribution < -0.4 is 0 Å². The molecule has 0 N–H and O–H groups in total. The van der Waals surface area contributed by atoms with Gasteiger partial charge in [-0.2, -0.15) is 0 Å². The molecule has 1 heteroatoms. The van der Waals surface area contributed by atoms with Crippen LogP contribution >= 0.6 is 15.9 Å². The lowest BCUT2D eigenvalue weighted by Gasteiger charge is -2.09. The van der Waals surface area contributed by atoms with Crippen molar-refractivity contribution in [2.24, 2.45) is 0 Å². The van der Waals surface area contributed by atoms with Crippen molar-refractivity contribution in [2.75, 3.05) is 0 Å². The molecule has 116 valence electrons. The van der Waals surface area contributed by atoms with E-state index in [-0.39, 0.29) is 0 Å². The first kappa shape index (κ1) is 16.0. The summed E-state index contributed by atoms with van der Waals surface area (Å²) in [6.45, 7) is 2.24. The monoisotopic (exact) mass is 364 g/mol. The van der Waals surface area contributed by atoms with Crippen LogP contribution in [0.1, 0.15) is 25.3 Å². The van der Waals surface area contributed by atoms with Crippen LogP contribution in [0, 0.1) is 0 Å². The van der Waals surface area contributed by atoms with E-state index >= 15 is 0 Å². The topological polar surface area (TPSA) is 0 Å². The highest BCUT2D eigenvalue weighted by Crippen LogP contribution is 2.31. The van der Waals surface area contributed by atoms with Crippen LogP contribution in [0.15, 0.2) is 77.3 Å². The molecule has 0 aromatic heterocycles. The third-order valence-corrected chi connectivity index (χ3v) is 4.54. The SMILES string of the molecule is CCCCc1cccc(-c2cc(Br)cc(-c3ccccc3)c2)c1. The highest BCUT2D eigenvalue weighted by Gasteiger charge is 2.05. The van der Waals surface area contributed by atoms with Gasteiger partial charge in [0, 0.05) is 4.47 Å². The Kier molecular flexibility index (Phi) is 5.30. The molecule has 0 atom stereocenters. The molecule has 0 aliphatic carbocycles. The molecule has 0 aliphatic heterocycles. The minimum Gasteiger partial charge on any atom is -0.0654 e. The Morgan fingerprint density at radius 1 is 0.696 bits per heavy atom. The van der Waals surface area contributed by atoms with Gasteiger partial charge in [0.1, 0.15) is 0 Å². The first-order valence-electron chi connectivity index (χ1n) is 8.21. The van der Waals surface area contributed by atoms with Crippen LogP contribution in [0.4, 0.5) is 0 Å². The lowest BCUT2D eigenvalue weighted by molar-refractivity contribution is 0.795. The number of rotatable bonds is 5. The number of halogens is 1. The van der Waals surface area contributed by atoms with Crippen LogP contribution in [0.5, 0.6) is 0 Å². The summed E-state index contributed by atoms with van der Waals surface area (Å²) in [5, 5.41) is 0. The first-order chi connectivity index (χ1) is 11.3. The Labute approximate surface area is 147 Å². The van der Waals surface area contributed by atoms with E-state index in [0.29, 0.717) is 0 Å². The van der Waals surface area contributed by atoms with Gasteiger partial charge in [0.05, 0.1) is 0 Å². The van der Waals surface area contributed by atoms with Gasteiger partial charge in [-0.15, -0.1) is 0 Å². The fraction of sp³-hybridized carbons (Fsp3) is 0.182. The summed E-state index contributed by atoms with van der Waals surface area (Å²) < 4.78 is 1.12. The van der Waals surface area contributed by atoms with Crippen molar-refractivity contribution < 1.29 is 0 Å². The van der Waals surface area contributed by atoms with Gasteiger partial charge in [-0.3, -0.25) is 0 Å². The molecule has 23 heavy (non-hydrogen) atoms. The number of aryl methyl sites for hydroxylation is 1. The normalized spacial score (nSPS) is 10.7. The molecule has 0 aliphatic rings. The number of hydrogen-bond acceptors (Lipinski definition) is 0. The fourth-order valence-electron chi connectivity index (χ4n) is 2.84. The molecule has 3 aromatic carbocycles. The highest BCUT2D eigenvalue weighted by atomic mass is 79.9. The Balaban J connectivity index is 1.98. The summed E-state index contributed by atoms with van der Waals surface area (Å²) in [4.78, 5) is 0. The largest absolute Gasteiger partial charge is 0.0654 e. The molecule has 3 rings (SSSR count). The van der Waals surface area contributed by atoms with Gasteiger partial charge < -0.3 is 0 Å². The van der Waals surface area contributed by atoms with Crippen LogP contribution in [0.3, 0.4) is 0 Å². The van der Waals surface area contributed by atoms with Gasteiger partial charge >= 0.3 is 0 Å². The van der Waals surface area contributed by atoms with Crippen molar-refractivity contribution in [1.29, 1.82) is 0 Å². The first-order valence-corrected chi connectivity index (χ1v) is 9.01. The molecule has 0 nitrogen and oxygen atoms in total. The zero-order chi connectivity index (χ0) is 16.1. The minimum atomic E-state index is 1.12. The standard InChI is InChI=1S/C22H21Br/c1-2-3-8-17-9-7-12-19(13-17)21-14-20(15-22(23)16-21)18-10-5-4-6-11-18/h4-7,9-16H,2-3,8H2,1H3. The van der Waals surface area contributed by atoms with Crippen LogP contribution in [-0.4, -0.2) is 0 Å². The van der Waals surface area contributed by atoms with Crippen molar-refractivity contribution >= 4 is 15.9 Å². The van der Waals surface area contributed by atoms with E-state index in [0.717, 1.165) is 10.9 Å². The lowest BCUT2D eigenvalue weighted by atomic mass is 9.97. The molecule has 0 amide bonds. The van der Waals surface area contributed by atoms with Gasteiger partial charge in [0.25, 0.3) is 0 Å². The molecule has 0 radical (unpaired) electrons. The minimum absolute atomic E-state index is 1.12. The van der Waals surface area contributed by atoms with E-state index in [1.54, 1.807) is 0 Å². The maximum atomic E-state index is 3.67. The Bertz CT molecular complexity index is 775. The van der Waals surface area contributed by atoms with Crippen molar-refractivity contribution in [3.63, 3.8) is 0 Å². The average Bonchev–Trinajstić information content (AvgIpc) is 2.60. The second-order valence-electron chi connectivity index (χ2n) is 5.90. The second kappa shape index (κ2) is 7.61. The molecule has 0 saturated carbocycles. The van der Waals surface area contributed by atoms with E-state index in [1.165, 1.54) is 40.7 Å². The van der Waals surface area contributed by atoms with Crippen LogP contribution in [0.25, 0.3) is 22.3 Å². The number of hydrogen-bond donors (Lipinski definition) is 0. The Morgan fingerprint density at radius 2 is 1.39 bits per heavy atom. The maximum absolute atomic E-state index is 3.67. The van der Waals surface area contributed by atoms with Gasteiger partial charge in [-0.25, -0.2) is 0 Å². The summed E-state index contributed by atoms with van der Waals surface area (Å²) in [5.41, 5.74) is 6.46. The third-order valence-electron chi connectivity index (χ3n) is 4.08. The van der Waals surface area contributed by atoms with E-state index in [4.69, 9.17) is 0 Å².